The maximum absolute atomic E-state index is 5.46. The number of aliphatic imine (C=N–C) groups is 1. The molecule has 0 aliphatic carbocycles. The van der Waals surface area contributed by atoms with E-state index in [-0.39, 0.29) is 6.04 Å². The van der Waals surface area contributed by atoms with Crippen LogP contribution in [-0.4, -0.2) is 36.5 Å². The average Bonchev–Trinajstić information content (AvgIpc) is 3.35. The summed E-state index contributed by atoms with van der Waals surface area (Å²) in [5, 5.41) is 7.31. The molecule has 1 fully saturated rings. The Morgan fingerprint density at radius 3 is 2.41 bits per heavy atom. The topological polar surface area (TPSA) is 52.8 Å². The molecule has 1 unspecified atom stereocenters. The van der Waals surface area contributed by atoms with Crippen molar-refractivity contribution in [2.45, 2.75) is 44.8 Å². The zero-order valence-corrected chi connectivity index (χ0v) is 18.9. The lowest BCUT2D eigenvalue weighted by molar-refractivity contribution is 0.198. The number of hydrogen-bond donors (Lipinski definition) is 2. The van der Waals surface area contributed by atoms with Gasteiger partial charge in [0.1, 0.15) is 5.76 Å². The summed E-state index contributed by atoms with van der Waals surface area (Å²) in [6.45, 7) is 6.10. The highest BCUT2D eigenvalue weighted by Crippen LogP contribution is 2.15. The molecule has 5 nitrogen and oxygen atoms in total. The largest absolute Gasteiger partial charge is 0.469 e. The SMILES string of the molecule is CC(NC(=NCCc1ccco1)NC1CCN(Cc2ccccc2)CC1)c1ccccc1. The molecule has 1 aliphatic heterocycles. The Kier molecular flexibility index (Phi) is 7.99. The fraction of sp³-hybridized carbons (Fsp3) is 0.370. The highest BCUT2D eigenvalue weighted by atomic mass is 16.3. The van der Waals surface area contributed by atoms with Crippen molar-refractivity contribution in [3.8, 4) is 0 Å². The van der Waals surface area contributed by atoms with E-state index in [9.17, 15) is 0 Å². The monoisotopic (exact) mass is 430 g/mol. The van der Waals surface area contributed by atoms with Gasteiger partial charge >= 0.3 is 0 Å². The third-order valence-corrected chi connectivity index (χ3v) is 6.04. The van der Waals surface area contributed by atoms with Gasteiger partial charge in [-0.3, -0.25) is 9.89 Å². The Labute approximate surface area is 191 Å². The lowest BCUT2D eigenvalue weighted by atomic mass is 10.0. The fourth-order valence-electron chi connectivity index (χ4n) is 4.17. The molecule has 2 N–H and O–H groups in total. The Morgan fingerprint density at radius 1 is 1.00 bits per heavy atom. The zero-order chi connectivity index (χ0) is 22.0. The lowest BCUT2D eigenvalue weighted by Crippen LogP contribution is -2.49. The predicted molar refractivity (Wildman–Crippen MR) is 131 cm³/mol. The first-order valence-electron chi connectivity index (χ1n) is 11.7. The number of nitrogens with one attached hydrogen (secondary N) is 2. The maximum atomic E-state index is 5.46. The molecule has 1 atom stereocenters. The van der Waals surface area contributed by atoms with E-state index in [0.717, 1.165) is 50.6 Å². The number of guanidine groups is 1. The molecule has 1 aromatic heterocycles. The van der Waals surface area contributed by atoms with E-state index in [0.29, 0.717) is 12.6 Å². The summed E-state index contributed by atoms with van der Waals surface area (Å²) in [4.78, 5) is 7.41. The van der Waals surface area contributed by atoms with E-state index in [1.54, 1.807) is 6.26 Å². The third kappa shape index (κ3) is 6.72. The van der Waals surface area contributed by atoms with Crippen LogP contribution in [0.1, 0.15) is 42.7 Å². The first-order valence-corrected chi connectivity index (χ1v) is 11.7. The molecular formula is C27H34N4O. The Morgan fingerprint density at radius 2 is 1.72 bits per heavy atom. The van der Waals surface area contributed by atoms with Gasteiger partial charge in [-0.25, -0.2) is 0 Å². The van der Waals surface area contributed by atoms with Crippen molar-refractivity contribution in [2.75, 3.05) is 19.6 Å². The average molecular weight is 431 g/mol. The normalized spacial score (nSPS) is 16.6. The number of hydrogen-bond acceptors (Lipinski definition) is 3. The van der Waals surface area contributed by atoms with E-state index in [1.165, 1.54) is 11.1 Å². The van der Waals surface area contributed by atoms with Gasteiger partial charge in [0.05, 0.1) is 12.3 Å². The van der Waals surface area contributed by atoms with Gasteiger partial charge in [-0.2, -0.15) is 0 Å². The van der Waals surface area contributed by atoms with Crippen LogP contribution in [0, 0.1) is 0 Å². The van der Waals surface area contributed by atoms with Gasteiger partial charge in [-0.05, 0) is 43.0 Å². The van der Waals surface area contributed by atoms with Gasteiger partial charge in [-0.1, -0.05) is 60.7 Å². The van der Waals surface area contributed by atoms with Crippen molar-refractivity contribution in [2.24, 2.45) is 4.99 Å². The van der Waals surface area contributed by atoms with Crippen molar-refractivity contribution in [3.05, 3.63) is 95.9 Å². The standard InChI is InChI=1S/C27H34N4O/c1-22(24-11-6-3-7-12-24)29-27(28-17-14-26-13-8-20-32-26)30-25-15-18-31(19-16-25)21-23-9-4-2-5-10-23/h2-13,20,22,25H,14-19,21H2,1H3,(H2,28,29,30). The van der Waals surface area contributed by atoms with Gasteiger partial charge in [0, 0.05) is 38.6 Å². The molecule has 0 radical (unpaired) electrons. The second-order valence-electron chi connectivity index (χ2n) is 8.52. The first kappa shape index (κ1) is 22.2. The molecule has 32 heavy (non-hydrogen) atoms. The van der Waals surface area contributed by atoms with Crippen molar-refractivity contribution in [1.29, 1.82) is 0 Å². The molecule has 4 rings (SSSR count). The molecule has 0 bridgehead atoms. The molecule has 0 saturated carbocycles. The van der Waals surface area contributed by atoms with Gasteiger partial charge in [0.25, 0.3) is 0 Å². The quantitative estimate of drug-likeness (QED) is 0.399. The highest BCUT2D eigenvalue weighted by molar-refractivity contribution is 5.80. The molecule has 1 saturated heterocycles. The zero-order valence-electron chi connectivity index (χ0n) is 18.9. The summed E-state index contributed by atoms with van der Waals surface area (Å²) in [6, 6.07) is 25.8. The van der Waals surface area contributed by atoms with Crippen molar-refractivity contribution >= 4 is 5.96 Å². The Balaban J connectivity index is 1.33. The summed E-state index contributed by atoms with van der Waals surface area (Å²) in [6.07, 6.45) is 4.75. The van der Waals surface area contributed by atoms with Crippen LogP contribution >= 0.6 is 0 Å². The van der Waals surface area contributed by atoms with Crippen molar-refractivity contribution in [1.82, 2.24) is 15.5 Å². The molecule has 2 heterocycles. The highest BCUT2D eigenvalue weighted by Gasteiger charge is 2.21. The number of piperidine rings is 1. The van der Waals surface area contributed by atoms with Crippen LogP contribution in [0.15, 0.2) is 88.5 Å². The van der Waals surface area contributed by atoms with Crippen LogP contribution in [0.5, 0.6) is 0 Å². The Bertz CT molecular complexity index is 932. The predicted octanol–water partition coefficient (Wildman–Crippen LogP) is 4.78. The van der Waals surface area contributed by atoms with Crippen LogP contribution in [0.3, 0.4) is 0 Å². The van der Waals surface area contributed by atoms with Crippen LogP contribution in [0.4, 0.5) is 0 Å². The van der Waals surface area contributed by atoms with Crippen molar-refractivity contribution in [3.63, 3.8) is 0 Å². The number of furan rings is 1. The summed E-state index contributed by atoms with van der Waals surface area (Å²) in [7, 11) is 0. The molecule has 1 aliphatic rings. The number of benzene rings is 2. The molecule has 3 aromatic rings. The van der Waals surface area contributed by atoms with E-state index in [1.807, 2.05) is 12.1 Å². The van der Waals surface area contributed by atoms with E-state index < -0.39 is 0 Å². The van der Waals surface area contributed by atoms with Gasteiger partial charge in [0.2, 0.25) is 0 Å². The van der Waals surface area contributed by atoms with Crippen LogP contribution in [0.2, 0.25) is 0 Å². The van der Waals surface area contributed by atoms with Crippen LogP contribution in [-0.2, 0) is 13.0 Å². The molecule has 0 amide bonds. The fourth-order valence-corrected chi connectivity index (χ4v) is 4.17. The number of rotatable bonds is 8. The summed E-state index contributed by atoms with van der Waals surface area (Å²) in [5.41, 5.74) is 2.64. The first-order chi connectivity index (χ1) is 15.8. The summed E-state index contributed by atoms with van der Waals surface area (Å²) in [5.74, 6) is 1.85. The van der Waals surface area contributed by atoms with E-state index >= 15 is 0 Å². The third-order valence-electron chi connectivity index (χ3n) is 6.04. The second kappa shape index (κ2) is 11.5. The van der Waals surface area contributed by atoms with Crippen LogP contribution in [0.25, 0.3) is 0 Å². The summed E-state index contributed by atoms with van der Waals surface area (Å²) < 4.78 is 5.46. The smallest absolute Gasteiger partial charge is 0.191 e. The van der Waals surface area contributed by atoms with E-state index in [2.05, 4.69) is 83.1 Å². The number of likely N-dealkylation sites (tertiary alicyclic amines) is 1. The maximum Gasteiger partial charge on any atom is 0.191 e. The number of nitrogens with zero attached hydrogens (tertiary/aromatic N) is 2. The van der Waals surface area contributed by atoms with Crippen LogP contribution < -0.4 is 10.6 Å². The lowest BCUT2D eigenvalue weighted by Gasteiger charge is -2.33. The molecule has 0 spiro atoms. The minimum atomic E-state index is 0.184. The van der Waals surface area contributed by atoms with Gasteiger partial charge < -0.3 is 15.1 Å². The minimum absolute atomic E-state index is 0.184. The second-order valence-corrected chi connectivity index (χ2v) is 8.52. The molecule has 5 heteroatoms. The van der Waals surface area contributed by atoms with E-state index in [4.69, 9.17) is 9.41 Å². The Hall–Kier alpha value is -3.05. The molecular weight excluding hydrogens is 396 g/mol. The van der Waals surface area contributed by atoms with Gasteiger partial charge in [-0.15, -0.1) is 0 Å². The van der Waals surface area contributed by atoms with Gasteiger partial charge in [0.15, 0.2) is 5.96 Å². The molecule has 2 aromatic carbocycles. The molecule has 168 valence electrons. The van der Waals surface area contributed by atoms with Crippen molar-refractivity contribution < 1.29 is 4.42 Å². The summed E-state index contributed by atoms with van der Waals surface area (Å²) >= 11 is 0. The minimum Gasteiger partial charge on any atom is -0.469 e.